The predicted molar refractivity (Wildman–Crippen MR) is 119 cm³/mol. The molecule has 7 nitrogen and oxygen atoms in total. The second kappa shape index (κ2) is 10.3. The lowest BCUT2D eigenvalue weighted by Crippen LogP contribution is -2.36. The van der Waals surface area contributed by atoms with Crippen LogP contribution in [-0.2, 0) is 20.7 Å². The molecule has 0 saturated heterocycles. The van der Waals surface area contributed by atoms with Gasteiger partial charge in [0.05, 0.1) is 5.69 Å². The van der Waals surface area contributed by atoms with Gasteiger partial charge in [-0.15, -0.1) is 11.3 Å². The third kappa shape index (κ3) is 6.99. The zero-order valence-electron chi connectivity index (χ0n) is 17.5. The fourth-order valence-corrected chi connectivity index (χ4v) is 4.74. The third-order valence-electron chi connectivity index (χ3n) is 4.20. The van der Waals surface area contributed by atoms with Crippen LogP contribution in [-0.4, -0.2) is 44.4 Å². The molecule has 3 rings (SSSR count). The standard InChI is InChI=1S/C21H19F3N4O3S2/c1-20(2,16(29)31-17(30)21(22,23)24)33-19-28-15(12-32-19)8-9-25-18-26-10-14(11-27-18)13-6-4-3-5-7-13/h3-7,10-12H,8-9H2,1-2H3,(H,25,26,27). The van der Waals surface area contributed by atoms with Crippen LogP contribution in [0.25, 0.3) is 11.1 Å². The summed E-state index contributed by atoms with van der Waals surface area (Å²) < 4.78 is 39.9. The lowest BCUT2D eigenvalue weighted by Gasteiger charge is -2.19. The second-order valence-corrected chi connectivity index (χ2v) is 9.96. The maximum absolute atomic E-state index is 12.3. The molecule has 0 amide bonds. The number of aromatic nitrogens is 3. The van der Waals surface area contributed by atoms with Crippen LogP contribution in [0.4, 0.5) is 19.1 Å². The van der Waals surface area contributed by atoms with Gasteiger partial charge >= 0.3 is 18.1 Å². The molecular formula is C21H19F3N4O3S2. The number of anilines is 1. The van der Waals surface area contributed by atoms with Gasteiger partial charge in [-0.25, -0.2) is 19.7 Å². The third-order valence-corrected chi connectivity index (χ3v) is 6.37. The monoisotopic (exact) mass is 496 g/mol. The van der Waals surface area contributed by atoms with Crippen LogP contribution in [0.15, 0.2) is 52.4 Å². The SMILES string of the molecule is CC(C)(Sc1nc(CCNc2ncc(-c3ccccc3)cn2)cs1)C(=O)OC(=O)C(F)(F)F. The average molecular weight is 497 g/mol. The predicted octanol–water partition coefficient (Wildman–Crippen LogP) is 4.76. The maximum atomic E-state index is 12.3. The molecule has 1 N–H and O–H groups in total. The van der Waals surface area contributed by atoms with Gasteiger partial charge in [0.1, 0.15) is 4.75 Å². The number of thioether (sulfide) groups is 1. The van der Waals surface area contributed by atoms with Crippen molar-refractivity contribution in [3.05, 3.63) is 53.8 Å². The molecule has 174 valence electrons. The van der Waals surface area contributed by atoms with Crippen molar-refractivity contribution in [3.63, 3.8) is 0 Å². The zero-order chi connectivity index (χ0) is 24.1. The lowest BCUT2D eigenvalue weighted by atomic mass is 10.1. The van der Waals surface area contributed by atoms with E-state index in [1.54, 1.807) is 17.8 Å². The number of halogens is 3. The molecule has 0 aliphatic heterocycles. The van der Waals surface area contributed by atoms with Gasteiger partial charge in [0.2, 0.25) is 5.95 Å². The van der Waals surface area contributed by atoms with Gasteiger partial charge in [-0.2, -0.15) is 13.2 Å². The fourth-order valence-electron chi connectivity index (χ4n) is 2.48. The molecule has 33 heavy (non-hydrogen) atoms. The van der Waals surface area contributed by atoms with Gasteiger partial charge in [0.25, 0.3) is 0 Å². The normalized spacial score (nSPS) is 11.8. The number of thiazole rings is 1. The van der Waals surface area contributed by atoms with Crippen molar-refractivity contribution in [2.24, 2.45) is 0 Å². The Labute approximate surface area is 195 Å². The number of alkyl halides is 3. The van der Waals surface area contributed by atoms with Crippen molar-refractivity contribution in [1.29, 1.82) is 0 Å². The number of nitrogens with one attached hydrogen (secondary N) is 1. The molecule has 1 aromatic carbocycles. The molecule has 12 heteroatoms. The zero-order valence-corrected chi connectivity index (χ0v) is 19.2. The summed E-state index contributed by atoms with van der Waals surface area (Å²) in [7, 11) is 0. The van der Waals surface area contributed by atoms with Gasteiger partial charge < -0.3 is 10.1 Å². The molecule has 0 atom stereocenters. The van der Waals surface area contributed by atoms with Gasteiger partial charge in [-0.3, -0.25) is 4.79 Å². The second-order valence-electron chi connectivity index (χ2n) is 7.23. The molecule has 2 aromatic heterocycles. The molecule has 0 unspecified atom stereocenters. The maximum Gasteiger partial charge on any atom is 0.491 e. The van der Waals surface area contributed by atoms with Crippen molar-refractivity contribution in [1.82, 2.24) is 15.0 Å². The van der Waals surface area contributed by atoms with E-state index in [4.69, 9.17) is 0 Å². The highest BCUT2D eigenvalue weighted by molar-refractivity contribution is 8.03. The molecule has 3 aromatic rings. The number of carbonyl (C=O) groups is 2. The van der Waals surface area contributed by atoms with E-state index in [-0.39, 0.29) is 0 Å². The number of rotatable bonds is 8. The van der Waals surface area contributed by atoms with Crippen LogP contribution < -0.4 is 5.32 Å². The van der Waals surface area contributed by atoms with E-state index < -0.39 is 22.9 Å². The number of hydrogen-bond donors (Lipinski definition) is 1. The number of ether oxygens (including phenoxy) is 1. The summed E-state index contributed by atoms with van der Waals surface area (Å²) in [6.45, 7) is 3.23. The highest BCUT2D eigenvalue weighted by Gasteiger charge is 2.45. The van der Waals surface area contributed by atoms with E-state index in [9.17, 15) is 22.8 Å². The number of hydrogen-bond acceptors (Lipinski definition) is 9. The van der Waals surface area contributed by atoms with Crippen LogP contribution in [0.3, 0.4) is 0 Å². The Hall–Kier alpha value is -2.99. The Kier molecular flexibility index (Phi) is 7.69. The highest BCUT2D eigenvalue weighted by atomic mass is 32.2. The lowest BCUT2D eigenvalue weighted by molar-refractivity contribution is -0.202. The van der Waals surface area contributed by atoms with Gasteiger partial charge in [-0.1, -0.05) is 42.1 Å². The minimum atomic E-state index is -5.23. The first-order valence-corrected chi connectivity index (χ1v) is 11.3. The minimum Gasteiger partial charge on any atom is -0.385 e. The largest absolute Gasteiger partial charge is 0.491 e. The van der Waals surface area contributed by atoms with E-state index in [0.717, 1.165) is 28.6 Å². The topological polar surface area (TPSA) is 94.1 Å². The molecule has 2 heterocycles. The van der Waals surface area contributed by atoms with E-state index >= 15 is 0 Å². The molecule has 0 aliphatic carbocycles. The summed E-state index contributed by atoms with van der Waals surface area (Å²) in [5.74, 6) is -3.35. The number of benzene rings is 1. The van der Waals surface area contributed by atoms with Crippen molar-refractivity contribution in [2.45, 2.75) is 35.5 Å². The van der Waals surface area contributed by atoms with Gasteiger partial charge in [-0.05, 0) is 19.4 Å². The quantitative estimate of drug-likeness (QED) is 0.271. The summed E-state index contributed by atoms with van der Waals surface area (Å²) >= 11 is 2.17. The summed E-state index contributed by atoms with van der Waals surface area (Å²) in [6, 6.07) is 9.75. The molecule has 0 bridgehead atoms. The summed E-state index contributed by atoms with van der Waals surface area (Å²) in [5, 5.41) is 4.88. The fraction of sp³-hybridized carbons (Fsp3) is 0.286. The van der Waals surface area contributed by atoms with Crippen molar-refractivity contribution in [3.8, 4) is 11.1 Å². The number of carbonyl (C=O) groups excluding carboxylic acids is 2. The Morgan fingerprint density at radius 3 is 2.36 bits per heavy atom. The van der Waals surface area contributed by atoms with Crippen molar-refractivity contribution in [2.75, 3.05) is 11.9 Å². The van der Waals surface area contributed by atoms with E-state index in [0.29, 0.717) is 23.3 Å². The van der Waals surface area contributed by atoms with Crippen LogP contribution in [0.1, 0.15) is 19.5 Å². The average Bonchev–Trinajstić information content (AvgIpc) is 3.20. The van der Waals surface area contributed by atoms with Gasteiger partial charge in [0.15, 0.2) is 4.34 Å². The first-order chi connectivity index (χ1) is 15.5. The van der Waals surface area contributed by atoms with Crippen molar-refractivity contribution >= 4 is 41.0 Å². The van der Waals surface area contributed by atoms with Crippen molar-refractivity contribution < 1.29 is 27.5 Å². The molecule has 0 saturated carbocycles. The Balaban J connectivity index is 1.49. The highest BCUT2D eigenvalue weighted by Crippen LogP contribution is 2.36. The minimum absolute atomic E-state index is 0.467. The van der Waals surface area contributed by atoms with E-state index in [1.807, 2.05) is 30.3 Å². The number of nitrogens with zero attached hydrogens (tertiary/aromatic N) is 3. The summed E-state index contributed by atoms with van der Waals surface area (Å²) in [6.07, 6.45) is -1.23. The summed E-state index contributed by atoms with van der Waals surface area (Å²) in [5.41, 5.74) is 2.65. The van der Waals surface area contributed by atoms with E-state index in [1.165, 1.54) is 25.2 Å². The molecule has 0 spiro atoms. The smallest absolute Gasteiger partial charge is 0.385 e. The Morgan fingerprint density at radius 1 is 1.06 bits per heavy atom. The van der Waals surface area contributed by atoms with Crippen LogP contribution in [0, 0.1) is 0 Å². The first kappa shape index (κ1) is 24.6. The molecule has 0 fully saturated rings. The molecule has 0 aliphatic rings. The van der Waals surface area contributed by atoms with Gasteiger partial charge in [0, 0.05) is 36.3 Å². The molecular weight excluding hydrogens is 477 g/mol. The molecule has 0 radical (unpaired) electrons. The van der Waals surface area contributed by atoms with Crippen LogP contribution >= 0.6 is 23.1 Å². The number of esters is 2. The first-order valence-electron chi connectivity index (χ1n) is 9.63. The van der Waals surface area contributed by atoms with Crippen LogP contribution in [0.5, 0.6) is 0 Å². The Bertz CT molecular complexity index is 1100. The van der Waals surface area contributed by atoms with Crippen LogP contribution in [0.2, 0.25) is 0 Å². The summed E-state index contributed by atoms with van der Waals surface area (Å²) in [4.78, 5) is 35.8. The Morgan fingerprint density at radius 2 is 1.73 bits per heavy atom. The van der Waals surface area contributed by atoms with E-state index in [2.05, 4.69) is 25.0 Å².